The molecule has 0 saturated carbocycles. The molecule has 0 aliphatic heterocycles. The van der Waals surface area contributed by atoms with Gasteiger partial charge in [-0.15, -0.1) is 0 Å². The summed E-state index contributed by atoms with van der Waals surface area (Å²) in [6.07, 6.45) is 2.09. The Morgan fingerprint density at radius 1 is 1.44 bits per heavy atom. The molecule has 6 N–H and O–H groups in total. The minimum absolute atomic E-state index is 0.185. The molecule has 0 atom stereocenters. The van der Waals surface area contributed by atoms with E-state index in [0.717, 1.165) is 0 Å². The lowest BCUT2D eigenvalue weighted by atomic mass is 9.98. The first kappa shape index (κ1) is 12.6. The van der Waals surface area contributed by atoms with E-state index in [9.17, 15) is 10.2 Å². The quantitative estimate of drug-likeness (QED) is 0.322. The van der Waals surface area contributed by atoms with Crippen molar-refractivity contribution in [3.63, 3.8) is 0 Å². The van der Waals surface area contributed by atoms with E-state index in [-0.39, 0.29) is 19.2 Å². The average molecular weight is 227 g/mol. The fourth-order valence-electron chi connectivity index (χ4n) is 1.21. The summed E-state index contributed by atoms with van der Waals surface area (Å²) in [4.78, 5) is 7.89. The fraction of sp³-hybridized carbons (Fsp3) is 0.556. The number of hydrazine groups is 1. The number of nitrogens with one attached hydrogen (secondary N) is 2. The number of aliphatic hydroxyl groups is 2. The summed E-state index contributed by atoms with van der Waals surface area (Å²) in [7, 11) is 0. The highest BCUT2D eigenvalue weighted by Gasteiger charge is 2.26. The Morgan fingerprint density at radius 3 is 2.62 bits per heavy atom. The number of hydrogen-bond acceptors (Lipinski definition) is 7. The molecule has 16 heavy (non-hydrogen) atoms. The Balaban J connectivity index is 2.84. The summed E-state index contributed by atoms with van der Waals surface area (Å²) >= 11 is 0. The van der Waals surface area contributed by atoms with Gasteiger partial charge in [0.15, 0.2) is 0 Å². The summed E-state index contributed by atoms with van der Waals surface area (Å²) in [6, 6.07) is 1.64. The van der Waals surface area contributed by atoms with Gasteiger partial charge in [0.05, 0.1) is 18.8 Å². The van der Waals surface area contributed by atoms with Gasteiger partial charge < -0.3 is 15.5 Å². The van der Waals surface area contributed by atoms with Gasteiger partial charge in [-0.3, -0.25) is 5.43 Å². The molecular formula is C9H17N5O2. The Bertz CT molecular complexity index is 321. The van der Waals surface area contributed by atoms with Crippen LogP contribution in [-0.2, 0) is 0 Å². The zero-order valence-electron chi connectivity index (χ0n) is 9.14. The number of aliphatic hydroxyl groups excluding tert-OH is 2. The normalized spacial score (nSPS) is 11.2. The van der Waals surface area contributed by atoms with Crippen LogP contribution in [0.15, 0.2) is 12.3 Å². The van der Waals surface area contributed by atoms with Crippen molar-refractivity contribution in [3.8, 4) is 0 Å². The number of nitrogen functional groups attached to an aromatic ring is 1. The van der Waals surface area contributed by atoms with Crippen LogP contribution < -0.4 is 16.6 Å². The van der Waals surface area contributed by atoms with E-state index in [0.29, 0.717) is 12.2 Å². The number of rotatable bonds is 6. The van der Waals surface area contributed by atoms with Crippen molar-refractivity contribution in [1.82, 2.24) is 9.97 Å². The lowest BCUT2D eigenvalue weighted by Crippen LogP contribution is -2.45. The van der Waals surface area contributed by atoms with Gasteiger partial charge in [-0.05, 0) is 12.5 Å². The minimum atomic E-state index is -0.778. The predicted molar refractivity (Wildman–Crippen MR) is 60.7 cm³/mol. The van der Waals surface area contributed by atoms with Crippen molar-refractivity contribution < 1.29 is 10.2 Å². The van der Waals surface area contributed by atoms with Crippen molar-refractivity contribution in [3.05, 3.63) is 12.3 Å². The van der Waals surface area contributed by atoms with E-state index in [1.54, 1.807) is 6.07 Å². The lowest BCUT2D eigenvalue weighted by molar-refractivity contribution is 0.132. The first-order chi connectivity index (χ1) is 7.69. The third-order valence-corrected chi connectivity index (χ3v) is 2.46. The van der Waals surface area contributed by atoms with Crippen LogP contribution in [-0.4, -0.2) is 38.9 Å². The molecule has 1 aromatic heterocycles. The number of hydrogen-bond donors (Lipinski definition) is 5. The molecule has 0 aliphatic rings. The van der Waals surface area contributed by atoms with Gasteiger partial charge in [0, 0.05) is 6.20 Å². The first-order valence-corrected chi connectivity index (χ1v) is 4.99. The zero-order chi connectivity index (χ0) is 12.0. The van der Waals surface area contributed by atoms with Crippen LogP contribution in [0.3, 0.4) is 0 Å². The number of aromatic nitrogens is 2. The largest absolute Gasteiger partial charge is 0.394 e. The molecule has 0 unspecified atom stereocenters. The summed E-state index contributed by atoms with van der Waals surface area (Å²) in [5.41, 5.74) is 1.54. The molecule has 0 amide bonds. The molecule has 7 nitrogen and oxygen atoms in total. The van der Waals surface area contributed by atoms with Gasteiger partial charge in [0.25, 0.3) is 0 Å². The van der Waals surface area contributed by atoms with Gasteiger partial charge in [-0.25, -0.2) is 10.8 Å². The number of anilines is 2. The second-order valence-electron chi connectivity index (χ2n) is 3.48. The topological polar surface area (TPSA) is 116 Å². The highest BCUT2D eigenvalue weighted by Crippen LogP contribution is 2.16. The third kappa shape index (κ3) is 2.78. The molecule has 0 spiro atoms. The van der Waals surface area contributed by atoms with Crippen LogP contribution in [0.25, 0.3) is 0 Å². The molecular weight excluding hydrogens is 210 g/mol. The summed E-state index contributed by atoms with van der Waals surface area (Å²) < 4.78 is 0. The maximum absolute atomic E-state index is 9.26. The van der Waals surface area contributed by atoms with E-state index >= 15 is 0 Å². The molecule has 0 radical (unpaired) electrons. The summed E-state index contributed by atoms with van der Waals surface area (Å²) in [6.45, 7) is 1.49. The van der Waals surface area contributed by atoms with Gasteiger partial charge in [-0.2, -0.15) is 4.98 Å². The minimum Gasteiger partial charge on any atom is -0.394 e. The van der Waals surface area contributed by atoms with Gasteiger partial charge >= 0.3 is 0 Å². The van der Waals surface area contributed by atoms with Crippen LogP contribution in [0, 0.1) is 0 Å². The van der Waals surface area contributed by atoms with E-state index in [1.165, 1.54) is 6.20 Å². The van der Waals surface area contributed by atoms with Gasteiger partial charge in [-0.1, -0.05) is 6.92 Å². The Kier molecular flexibility index (Phi) is 4.41. The van der Waals surface area contributed by atoms with Crippen molar-refractivity contribution in [2.45, 2.75) is 18.9 Å². The number of nitrogens with two attached hydrogens (primary N) is 1. The van der Waals surface area contributed by atoms with E-state index in [2.05, 4.69) is 20.7 Å². The lowest BCUT2D eigenvalue weighted by Gasteiger charge is -2.30. The summed E-state index contributed by atoms with van der Waals surface area (Å²) in [5, 5.41) is 21.5. The predicted octanol–water partition coefficient (Wildman–Crippen LogP) is -0.693. The number of nitrogens with zero attached hydrogens (tertiary/aromatic N) is 2. The highest BCUT2D eigenvalue weighted by atomic mass is 16.3. The van der Waals surface area contributed by atoms with Crippen LogP contribution in [0.1, 0.15) is 13.3 Å². The van der Waals surface area contributed by atoms with E-state index in [4.69, 9.17) is 5.84 Å². The molecule has 0 bridgehead atoms. The van der Waals surface area contributed by atoms with Crippen molar-refractivity contribution >= 4 is 11.8 Å². The Morgan fingerprint density at radius 2 is 2.12 bits per heavy atom. The molecule has 1 rings (SSSR count). The molecule has 0 saturated heterocycles. The van der Waals surface area contributed by atoms with Crippen LogP contribution >= 0.6 is 0 Å². The molecule has 1 aromatic rings. The highest BCUT2D eigenvalue weighted by molar-refractivity contribution is 5.41. The third-order valence-electron chi connectivity index (χ3n) is 2.46. The van der Waals surface area contributed by atoms with Gasteiger partial charge in [0.2, 0.25) is 5.95 Å². The van der Waals surface area contributed by atoms with Crippen molar-refractivity contribution in [1.29, 1.82) is 0 Å². The molecule has 0 aromatic carbocycles. The van der Waals surface area contributed by atoms with Crippen molar-refractivity contribution in [2.24, 2.45) is 5.84 Å². The summed E-state index contributed by atoms with van der Waals surface area (Å²) in [5.74, 6) is 5.94. The van der Waals surface area contributed by atoms with Gasteiger partial charge in [0.1, 0.15) is 5.82 Å². The second-order valence-corrected chi connectivity index (χ2v) is 3.48. The monoisotopic (exact) mass is 227 g/mol. The SMILES string of the molecule is CCC(CO)(CO)Nc1ccnc(NN)n1. The van der Waals surface area contributed by atoms with E-state index < -0.39 is 5.54 Å². The maximum Gasteiger partial charge on any atom is 0.239 e. The second kappa shape index (κ2) is 5.59. The smallest absolute Gasteiger partial charge is 0.239 e. The standard InChI is InChI=1S/C9H17N5O2/c1-2-9(5-15,6-16)13-7-3-4-11-8(12-7)14-10/h3-4,15-16H,2,5-6,10H2,1H3,(H2,11,12,13,14). The van der Waals surface area contributed by atoms with E-state index in [1.807, 2.05) is 6.92 Å². The van der Waals surface area contributed by atoms with Crippen LogP contribution in [0.2, 0.25) is 0 Å². The first-order valence-electron chi connectivity index (χ1n) is 4.99. The molecule has 7 heteroatoms. The van der Waals surface area contributed by atoms with Crippen LogP contribution in [0.5, 0.6) is 0 Å². The molecule has 0 aliphatic carbocycles. The molecule has 1 heterocycles. The molecule has 90 valence electrons. The van der Waals surface area contributed by atoms with Crippen molar-refractivity contribution in [2.75, 3.05) is 24.0 Å². The average Bonchev–Trinajstić information content (AvgIpc) is 2.36. The maximum atomic E-state index is 9.26. The fourth-order valence-corrected chi connectivity index (χ4v) is 1.21. The Hall–Kier alpha value is -1.44. The zero-order valence-corrected chi connectivity index (χ0v) is 9.14. The van der Waals surface area contributed by atoms with Crippen LogP contribution in [0.4, 0.5) is 11.8 Å². The molecule has 0 fully saturated rings. The Labute approximate surface area is 93.7 Å².